The number of hydrogen-bond donors (Lipinski definition) is 2. The Balaban J connectivity index is 2.30. The smallest absolute Gasteiger partial charge is 0.268 e. The molecule has 1 unspecified atom stereocenters. The summed E-state index contributed by atoms with van der Waals surface area (Å²) in [5.74, 6) is 0.179. The van der Waals surface area contributed by atoms with Crippen LogP contribution in [-0.4, -0.2) is 21.6 Å². The second kappa shape index (κ2) is 3.01. The number of phenolic OH excluding ortho intramolecular Hbond substituents is 1. The number of nitrogens with zero attached hydrogens (tertiary/aromatic N) is 1. The van der Waals surface area contributed by atoms with Crippen molar-refractivity contribution < 1.29 is 9.90 Å². The first-order valence-corrected chi connectivity index (χ1v) is 5.28. The van der Waals surface area contributed by atoms with Crippen LogP contribution in [0.4, 0.5) is 0 Å². The van der Waals surface area contributed by atoms with E-state index in [1.807, 2.05) is 23.6 Å². The molecule has 1 aliphatic rings. The zero-order valence-electron chi connectivity index (χ0n) is 8.90. The molecular weight excluding hydrogens is 204 g/mol. The molecule has 3 rings (SSSR count). The molecule has 0 aliphatic carbocycles. The fraction of sp³-hybridized carbons (Fsp3) is 0.250. The molecule has 2 heterocycles. The molecular formula is C12H12N2O2. The Morgan fingerprint density at radius 2 is 2.25 bits per heavy atom. The summed E-state index contributed by atoms with van der Waals surface area (Å²) in [7, 11) is 0. The molecule has 4 heteroatoms. The van der Waals surface area contributed by atoms with E-state index in [0.717, 1.165) is 17.4 Å². The van der Waals surface area contributed by atoms with Gasteiger partial charge in [0.2, 0.25) is 0 Å². The first-order chi connectivity index (χ1) is 7.65. The summed E-state index contributed by atoms with van der Waals surface area (Å²) in [5, 5.41) is 13.2. The van der Waals surface area contributed by atoms with Gasteiger partial charge in [0, 0.05) is 23.5 Å². The van der Waals surface area contributed by atoms with Gasteiger partial charge in [0.1, 0.15) is 11.4 Å². The first kappa shape index (κ1) is 9.27. The lowest BCUT2D eigenvalue weighted by atomic mass is 10.2. The topological polar surface area (TPSA) is 54.3 Å². The summed E-state index contributed by atoms with van der Waals surface area (Å²) in [6.07, 6.45) is 0. The largest absolute Gasteiger partial charge is 0.508 e. The van der Waals surface area contributed by atoms with Crippen molar-refractivity contribution in [2.24, 2.45) is 0 Å². The standard InChI is InChI=1S/C12H12N2O2/c1-7-6-14-10-3-2-9(15)4-8(10)5-11(14)12(16)13-7/h2-5,7,15H,6H2,1H3,(H,13,16). The highest BCUT2D eigenvalue weighted by molar-refractivity contribution is 5.99. The average molecular weight is 216 g/mol. The van der Waals surface area contributed by atoms with Crippen LogP contribution in [0, 0.1) is 0 Å². The average Bonchev–Trinajstić information content (AvgIpc) is 2.56. The molecule has 0 radical (unpaired) electrons. The maximum Gasteiger partial charge on any atom is 0.268 e. The Morgan fingerprint density at radius 3 is 3.06 bits per heavy atom. The Bertz CT molecular complexity index is 586. The minimum Gasteiger partial charge on any atom is -0.508 e. The number of aromatic nitrogens is 1. The number of phenols is 1. The Labute approximate surface area is 92.5 Å². The summed E-state index contributed by atoms with van der Waals surface area (Å²) >= 11 is 0. The van der Waals surface area contributed by atoms with E-state index in [9.17, 15) is 9.90 Å². The molecule has 0 spiro atoms. The molecule has 2 N–H and O–H groups in total. The van der Waals surface area contributed by atoms with E-state index < -0.39 is 0 Å². The van der Waals surface area contributed by atoms with Gasteiger partial charge in [-0.15, -0.1) is 0 Å². The summed E-state index contributed by atoms with van der Waals surface area (Å²) in [6.45, 7) is 2.75. The second-order valence-electron chi connectivity index (χ2n) is 4.26. The molecule has 0 bridgehead atoms. The zero-order chi connectivity index (χ0) is 11.3. The molecule has 2 aromatic rings. The number of benzene rings is 1. The third-order valence-electron chi connectivity index (χ3n) is 2.95. The van der Waals surface area contributed by atoms with Crippen molar-refractivity contribution in [1.29, 1.82) is 0 Å². The molecule has 82 valence electrons. The minimum absolute atomic E-state index is 0.0468. The predicted molar refractivity (Wildman–Crippen MR) is 60.5 cm³/mol. The fourth-order valence-electron chi connectivity index (χ4n) is 2.26. The van der Waals surface area contributed by atoms with E-state index in [2.05, 4.69) is 5.32 Å². The van der Waals surface area contributed by atoms with Crippen LogP contribution in [0.3, 0.4) is 0 Å². The molecule has 1 atom stereocenters. The zero-order valence-corrected chi connectivity index (χ0v) is 8.90. The highest BCUT2D eigenvalue weighted by atomic mass is 16.3. The van der Waals surface area contributed by atoms with Crippen molar-refractivity contribution >= 4 is 16.8 Å². The lowest BCUT2D eigenvalue weighted by Gasteiger charge is -2.23. The monoisotopic (exact) mass is 216 g/mol. The van der Waals surface area contributed by atoms with Gasteiger partial charge in [-0.05, 0) is 31.2 Å². The van der Waals surface area contributed by atoms with Gasteiger partial charge >= 0.3 is 0 Å². The molecule has 0 fully saturated rings. The van der Waals surface area contributed by atoms with Crippen LogP contribution in [0.5, 0.6) is 5.75 Å². The maximum absolute atomic E-state index is 11.8. The minimum atomic E-state index is -0.0468. The van der Waals surface area contributed by atoms with Crippen LogP contribution in [0.25, 0.3) is 10.9 Å². The second-order valence-corrected chi connectivity index (χ2v) is 4.26. The maximum atomic E-state index is 11.8. The molecule has 0 saturated carbocycles. The number of amides is 1. The highest BCUT2D eigenvalue weighted by Gasteiger charge is 2.23. The lowest BCUT2D eigenvalue weighted by molar-refractivity contribution is 0.0907. The predicted octanol–water partition coefficient (Wildman–Crippen LogP) is 1.48. The summed E-state index contributed by atoms with van der Waals surface area (Å²) in [6, 6.07) is 7.13. The Morgan fingerprint density at radius 1 is 1.44 bits per heavy atom. The summed E-state index contributed by atoms with van der Waals surface area (Å²) in [5.41, 5.74) is 1.66. The Kier molecular flexibility index (Phi) is 1.74. The number of hydrogen-bond acceptors (Lipinski definition) is 2. The van der Waals surface area contributed by atoms with Gasteiger partial charge < -0.3 is 15.0 Å². The van der Waals surface area contributed by atoms with Crippen molar-refractivity contribution in [3.05, 3.63) is 30.0 Å². The van der Waals surface area contributed by atoms with Gasteiger partial charge in [0.05, 0.1) is 0 Å². The van der Waals surface area contributed by atoms with Crippen molar-refractivity contribution in [3.8, 4) is 5.75 Å². The lowest BCUT2D eigenvalue weighted by Crippen LogP contribution is -2.42. The molecule has 16 heavy (non-hydrogen) atoms. The van der Waals surface area contributed by atoms with Crippen molar-refractivity contribution in [3.63, 3.8) is 0 Å². The summed E-state index contributed by atoms with van der Waals surface area (Å²) < 4.78 is 2.00. The van der Waals surface area contributed by atoms with Crippen LogP contribution < -0.4 is 5.32 Å². The normalized spacial score (nSPS) is 19.6. The molecule has 1 amide bonds. The molecule has 4 nitrogen and oxygen atoms in total. The Hall–Kier alpha value is -1.97. The third kappa shape index (κ3) is 1.19. The SMILES string of the molecule is CC1Cn2c(cc3cc(O)ccc32)C(=O)N1. The number of carbonyl (C=O) groups excluding carboxylic acids is 1. The molecule has 1 aliphatic heterocycles. The number of rotatable bonds is 0. The number of fused-ring (bicyclic) bond motifs is 3. The van der Waals surface area contributed by atoms with E-state index in [1.165, 1.54) is 0 Å². The van der Waals surface area contributed by atoms with Crippen LogP contribution in [0.2, 0.25) is 0 Å². The fourth-order valence-corrected chi connectivity index (χ4v) is 2.26. The quantitative estimate of drug-likeness (QED) is 0.700. The van der Waals surface area contributed by atoms with E-state index in [4.69, 9.17) is 0 Å². The van der Waals surface area contributed by atoms with E-state index >= 15 is 0 Å². The summed E-state index contributed by atoms with van der Waals surface area (Å²) in [4.78, 5) is 11.8. The van der Waals surface area contributed by atoms with Crippen LogP contribution >= 0.6 is 0 Å². The molecule has 1 aromatic carbocycles. The molecule has 0 saturated heterocycles. The van der Waals surface area contributed by atoms with Gasteiger partial charge in [0.15, 0.2) is 0 Å². The number of nitrogens with one attached hydrogen (secondary N) is 1. The highest BCUT2D eigenvalue weighted by Crippen LogP contribution is 2.25. The van der Waals surface area contributed by atoms with Gasteiger partial charge in [-0.3, -0.25) is 4.79 Å². The van der Waals surface area contributed by atoms with E-state index in [0.29, 0.717) is 5.69 Å². The van der Waals surface area contributed by atoms with E-state index in [1.54, 1.807) is 12.1 Å². The van der Waals surface area contributed by atoms with Crippen LogP contribution in [-0.2, 0) is 6.54 Å². The van der Waals surface area contributed by atoms with Crippen molar-refractivity contribution in [2.75, 3.05) is 0 Å². The van der Waals surface area contributed by atoms with E-state index in [-0.39, 0.29) is 17.7 Å². The van der Waals surface area contributed by atoms with Crippen LogP contribution in [0.1, 0.15) is 17.4 Å². The number of aromatic hydroxyl groups is 1. The van der Waals surface area contributed by atoms with Gasteiger partial charge in [-0.25, -0.2) is 0 Å². The first-order valence-electron chi connectivity index (χ1n) is 5.28. The van der Waals surface area contributed by atoms with Crippen molar-refractivity contribution in [2.45, 2.75) is 19.5 Å². The van der Waals surface area contributed by atoms with Crippen LogP contribution in [0.15, 0.2) is 24.3 Å². The van der Waals surface area contributed by atoms with Crippen molar-refractivity contribution in [1.82, 2.24) is 9.88 Å². The number of carbonyl (C=O) groups is 1. The van der Waals surface area contributed by atoms with Gasteiger partial charge in [-0.1, -0.05) is 0 Å². The van der Waals surface area contributed by atoms with Gasteiger partial charge in [0.25, 0.3) is 5.91 Å². The molecule has 1 aromatic heterocycles. The van der Waals surface area contributed by atoms with Gasteiger partial charge in [-0.2, -0.15) is 0 Å². The third-order valence-corrected chi connectivity index (χ3v) is 2.95.